The van der Waals surface area contributed by atoms with Crippen LogP contribution in [0.3, 0.4) is 0 Å². The van der Waals surface area contributed by atoms with Gasteiger partial charge in [0.25, 0.3) is 0 Å². The Morgan fingerprint density at radius 3 is 1.88 bits per heavy atom. The standard InChI is InChI=1S/C24H38/c1-18-7-11-23(12-8-18)24-13-9-21(10-14-24)5-4-6-22-16-19(2)15-20(3)17-22/h15-18,21,23-24H,4-14H2,1-3H3. The van der Waals surface area contributed by atoms with Crippen LogP contribution < -0.4 is 0 Å². The summed E-state index contributed by atoms with van der Waals surface area (Å²) >= 11 is 0. The molecule has 0 aliphatic heterocycles. The number of hydrogen-bond donors (Lipinski definition) is 0. The van der Waals surface area contributed by atoms with Crippen LogP contribution in [0, 0.1) is 37.5 Å². The van der Waals surface area contributed by atoms with E-state index in [-0.39, 0.29) is 0 Å². The van der Waals surface area contributed by atoms with Gasteiger partial charge in [0.15, 0.2) is 0 Å². The van der Waals surface area contributed by atoms with E-state index in [9.17, 15) is 0 Å². The van der Waals surface area contributed by atoms with Crippen LogP contribution in [0.25, 0.3) is 0 Å². The normalized spacial score (nSPS) is 31.1. The summed E-state index contributed by atoms with van der Waals surface area (Å²) < 4.78 is 0. The van der Waals surface area contributed by atoms with Crippen LogP contribution in [-0.4, -0.2) is 0 Å². The van der Waals surface area contributed by atoms with Crippen molar-refractivity contribution in [1.29, 1.82) is 0 Å². The molecule has 0 radical (unpaired) electrons. The van der Waals surface area contributed by atoms with Gasteiger partial charge in [0, 0.05) is 0 Å². The number of hydrogen-bond acceptors (Lipinski definition) is 0. The van der Waals surface area contributed by atoms with Crippen molar-refractivity contribution in [2.45, 2.75) is 91.4 Å². The van der Waals surface area contributed by atoms with E-state index in [2.05, 4.69) is 39.0 Å². The summed E-state index contributed by atoms with van der Waals surface area (Å²) in [6.07, 6.45) is 16.3. The van der Waals surface area contributed by atoms with Gasteiger partial charge in [-0.2, -0.15) is 0 Å². The van der Waals surface area contributed by atoms with Crippen molar-refractivity contribution in [1.82, 2.24) is 0 Å². The van der Waals surface area contributed by atoms with Crippen LogP contribution in [0.5, 0.6) is 0 Å². The first-order valence-electron chi connectivity index (χ1n) is 10.7. The van der Waals surface area contributed by atoms with Gasteiger partial charge in [-0.05, 0) is 81.6 Å². The molecule has 1 aromatic rings. The molecule has 0 heterocycles. The molecule has 2 saturated carbocycles. The molecule has 0 unspecified atom stereocenters. The Hall–Kier alpha value is -0.780. The molecule has 2 fully saturated rings. The van der Waals surface area contributed by atoms with Crippen molar-refractivity contribution >= 4 is 0 Å². The van der Waals surface area contributed by atoms with Gasteiger partial charge < -0.3 is 0 Å². The van der Waals surface area contributed by atoms with E-state index in [1.165, 1.54) is 81.8 Å². The molecule has 0 aromatic heterocycles. The van der Waals surface area contributed by atoms with E-state index in [0.29, 0.717) is 0 Å². The second-order valence-corrected chi connectivity index (χ2v) is 9.19. The van der Waals surface area contributed by atoms with Crippen LogP contribution >= 0.6 is 0 Å². The van der Waals surface area contributed by atoms with Crippen molar-refractivity contribution in [3.05, 3.63) is 34.9 Å². The fourth-order valence-electron chi connectivity index (χ4n) is 5.51. The Bertz CT molecular complexity index is 479. The fourth-order valence-corrected chi connectivity index (χ4v) is 5.51. The molecule has 134 valence electrons. The zero-order valence-corrected chi connectivity index (χ0v) is 16.3. The first-order valence-corrected chi connectivity index (χ1v) is 10.7. The summed E-state index contributed by atoms with van der Waals surface area (Å²) in [5.41, 5.74) is 4.40. The number of rotatable bonds is 5. The maximum absolute atomic E-state index is 2.45. The van der Waals surface area contributed by atoms with Crippen LogP contribution in [0.15, 0.2) is 18.2 Å². The van der Waals surface area contributed by atoms with Crippen molar-refractivity contribution in [3.63, 3.8) is 0 Å². The van der Waals surface area contributed by atoms with Gasteiger partial charge in [0.2, 0.25) is 0 Å². The van der Waals surface area contributed by atoms with E-state index >= 15 is 0 Å². The Labute approximate surface area is 150 Å². The Morgan fingerprint density at radius 1 is 0.750 bits per heavy atom. The lowest BCUT2D eigenvalue weighted by Gasteiger charge is -2.37. The number of benzene rings is 1. The Balaban J connectivity index is 1.36. The van der Waals surface area contributed by atoms with E-state index in [1.54, 1.807) is 5.56 Å². The highest BCUT2D eigenvalue weighted by molar-refractivity contribution is 5.28. The summed E-state index contributed by atoms with van der Waals surface area (Å²) in [5, 5.41) is 0. The van der Waals surface area contributed by atoms with Crippen LogP contribution in [0.1, 0.15) is 87.8 Å². The van der Waals surface area contributed by atoms with Crippen molar-refractivity contribution < 1.29 is 0 Å². The summed E-state index contributed by atoms with van der Waals surface area (Å²) in [7, 11) is 0. The lowest BCUT2D eigenvalue weighted by molar-refractivity contribution is 0.147. The lowest BCUT2D eigenvalue weighted by Crippen LogP contribution is -2.25. The molecule has 24 heavy (non-hydrogen) atoms. The van der Waals surface area contributed by atoms with Crippen molar-refractivity contribution in [2.24, 2.45) is 23.7 Å². The molecule has 0 atom stereocenters. The van der Waals surface area contributed by atoms with Crippen molar-refractivity contribution in [2.75, 3.05) is 0 Å². The zero-order chi connectivity index (χ0) is 16.9. The molecule has 1 aromatic carbocycles. The van der Waals surface area contributed by atoms with Gasteiger partial charge in [-0.15, -0.1) is 0 Å². The van der Waals surface area contributed by atoms with Crippen LogP contribution in [-0.2, 0) is 6.42 Å². The third-order valence-electron chi connectivity index (χ3n) is 6.98. The highest BCUT2D eigenvalue weighted by Gasteiger charge is 2.29. The fraction of sp³-hybridized carbons (Fsp3) is 0.750. The predicted molar refractivity (Wildman–Crippen MR) is 105 cm³/mol. The highest BCUT2D eigenvalue weighted by Crippen LogP contribution is 2.42. The van der Waals surface area contributed by atoms with Crippen LogP contribution in [0.4, 0.5) is 0 Å². The Kier molecular flexibility index (Phi) is 6.42. The van der Waals surface area contributed by atoms with E-state index in [1.807, 2.05) is 0 Å². The van der Waals surface area contributed by atoms with Gasteiger partial charge >= 0.3 is 0 Å². The molecule has 0 heteroatoms. The maximum Gasteiger partial charge on any atom is -0.0279 e. The maximum atomic E-state index is 2.45. The molecule has 0 amide bonds. The van der Waals surface area contributed by atoms with Crippen molar-refractivity contribution in [3.8, 4) is 0 Å². The van der Waals surface area contributed by atoms with Gasteiger partial charge in [-0.3, -0.25) is 0 Å². The number of aryl methyl sites for hydroxylation is 3. The molecule has 0 nitrogen and oxygen atoms in total. The largest absolute Gasteiger partial charge is 0.0625 e. The molecule has 0 bridgehead atoms. The average Bonchev–Trinajstić information content (AvgIpc) is 2.55. The molecule has 2 aliphatic carbocycles. The van der Waals surface area contributed by atoms with Gasteiger partial charge in [0.1, 0.15) is 0 Å². The first kappa shape index (κ1) is 18.0. The van der Waals surface area contributed by atoms with E-state index < -0.39 is 0 Å². The Morgan fingerprint density at radius 2 is 1.29 bits per heavy atom. The molecular weight excluding hydrogens is 288 g/mol. The lowest BCUT2D eigenvalue weighted by atomic mass is 9.69. The van der Waals surface area contributed by atoms with E-state index in [0.717, 1.165) is 23.7 Å². The summed E-state index contributed by atoms with van der Waals surface area (Å²) in [6.45, 7) is 6.90. The molecule has 2 aliphatic rings. The second-order valence-electron chi connectivity index (χ2n) is 9.19. The topological polar surface area (TPSA) is 0 Å². The zero-order valence-electron chi connectivity index (χ0n) is 16.3. The average molecular weight is 327 g/mol. The van der Waals surface area contributed by atoms with Crippen LogP contribution in [0.2, 0.25) is 0 Å². The highest BCUT2D eigenvalue weighted by atomic mass is 14.3. The third kappa shape index (κ3) is 5.11. The molecular formula is C24H38. The summed E-state index contributed by atoms with van der Waals surface area (Å²) in [5.74, 6) is 4.18. The second kappa shape index (κ2) is 8.54. The minimum Gasteiger partial charge on any atom is -0.0625 e. The molecule has 0 N–H and O–H groups in total. The quantitative estimate of drug-likeness (QED) is 0.534. The molecule has 0 spiro atoms. The minimum absolute atomic E-state index is 1.00. The smallest absolute Gasteiger partial charge is 0.0279 e. The van der Waals surface area contributed by atoms with E-state index in [4.69, 9.17) is 0 Å². The third-order valence-corrected chi connectivity index (χ3v) is 6.98. The molecule has 3 rings (SSSR count). The SMILES string of the molecule is Cc1cc(C)cc(CCCC2CCC(C3CCC(C)CC3)CC2)c1. The molecule has 0 saturated heterocycles. The first-order chi connectivity index (χ1) is 11.6. The van der Waals surface area contributed by atoms with Gasteiger partial charge in [-0.25, -0.2) is 0 Å². The minimum atomic E-state index is 1.00. The predicted octanol–water partition coefficient (Wildman–Crippen LogP) is 7.26. The summed E-state index contributed by atoms with van der Waals surface area (Å²) in [4.78, 5) is 0. The summed E-state index contributed by atoms with van der Waals surface area (Å²) in [6, 6.07) is 7.05. The van der Waals surface area contributed by atoms with Gasteiger partial charge in [-0.1, -0.05) is 68.4 Å². The van der Waals surface area contributed by atoms with Gasteiger partial charge in [0.05, 0.1) is 0 Å². The monoisotopic (exact) mass is 326 g/mol.